The maximum atomic E-state index is 12.2. The molecule has 0 aliphatic rings. The molecule has 0 amide bonds. The van der Waals surface area contributed by atoms with Crippen LogP contribution in [0.1, 0.15) is 6.55 Å². The first-order chi connectivity index (χ1) is 7.18. The van der Waals surface area contributed by atoms with Crippen molar-refractivity contribution in [2.45, 2.75) is 6.55 Å². The van der Waals surface area contributed by atoms with Crippen molar-refractivity contribution in [2.75, 3.05) is 0 Å². The fraction of sp³-hybridized carbons (Fsp3) is 0.111. The minimum Gasteiger partial charge on any atom is -0.253 e. The molecule has 3 nitrogen and oxygen atoms in total. The predicted molar refractivity (Wildman–Crippen MR) is 50.6 cm³/mol. The van der Waals surface area contributed by atoms with Gasteiger partial charge in [0.1, 0.15) is 11.4 Å². The molecule has 0 atom stereocenters. The van der Waals surface area contributed by atoms with E-state index in [-0.39, 0.29) is 5.69 Å². The average Bonchev–Trinajstić information content (AvgIpc) is 2.67. The molecule has 77 valence electrons. The molecule has 0 spiro atoms. The van der Waals surface area contributed by atoms with Gasteiger partial charge in [-0.05, 0) is 12.1 Å². The molecule has 0 unspecified atom stereocenters. The van der Waals surface area contributed by atoms with Gasteiger partial charge >= 0.3 is 6.55 Å². The Morgan fingerprint density at radius 2 is 2.27 bits per heavy atom. The zero-order valence-corrected chi connectivity index (χ0v) is 8.12. The van der Waals surface area contributed by atoms with E-state index in [4.69, 9.17) is 11.6 Å². The molecular formula is C9H5ClF2N3. The van der Waals surface area contributed by atoms with E-state index in [0.29, 0.717) is 15.4 Å². The van der Waals surface area contributed by atoms with Crippen molar-refractivity contribution in [3.8, 4) is 11.4 Å². The van der Waals surface area contributed by atoms with Crippen LogP contribution in [-0.2, 0) is 0 Å². The maximum Gasteiger partial charge on any atom is 0.333 e. The lowest BCUT2D eigenvalue weighted by Gasteiger charge is -1.99. The van der Waals surface area contributed by atoms with Crippen molar-refractivity contribution in [1.29, 1.82) is 0 Å². The minimum absolute atomic E-state index is 0.209. The summed E-state index contributed by atoms with van der Waals surface area (Å²) < 4.78 is 24.9. The fourth-order valence-corrected chi connectivity index (χ4v) is 1.29. The Morgan fingerprint density at radius 3 is 2.87 bits per heavy atom. The number of halogens is 3. The van der Waals surface area contributed by atoms with Gasteiger partial charge in [0.15, 0.2) is 0 Å². The highest BCUT2D eigenvalue weighted by molar-refractivity contribution is 6.32. The lowest BCUT2D eigenvalue weighted by Crippen LogP contribution is -1.98. The second-order valence-corrected chi connectivity index (χ2v) is 3.12. The second kappa shape index (κ2) is 3.94. The molecule has 2 aromatic rings. The highest BCUT2D eigenvalue weighted by atomic mass is 35.5. The van der Waals surface area contributed by atoms with Gasteiger partial charge in [0.2, 0.25) is 0 Å². The molecule has 2 heterocycles. The summed E-state index contributed by atoms with van der Waals surface area (Å²) in [7, 11) is 0. The number of hydrogen-bond donors (Lipinski definition) is 0. The molecule has 0 N–H and O–H groups in total. The average molecular weight is 229 g/mol. The van der Waals surface area contributed by atoms with Gasteiger partial charge in [0, 0.05) is 18.5 Å². The Balaban J connectivity index is 2.42. The van der Waals surface area contributed by atoms with E-state index in [1.54, 1.807) is 12.1 Å². The molecule has 1 radical (unpaired) electrons. The van der Waals surface area contributed by atoms with Gasteiger partial charge in [0.05, 0.1) is 5.02 Å². The van der Waals surface area contributed by atoms with Gasteiger partial charge in [-0.25, -0.2) is 4.68 Å². The van der Waals surface area contributed by atoms with Crippen molar-refractivity contribution in [1.82, 2.24) is 14.8 Å². The first-order valence-corrected chi connectivity index (χ1v) is 4.42. The van der Waals surface area contributed by atoms with Crippen LogP contribution in [0.2, 0.25) is 5.02 Å². The number of pyridine rings is 1. The molecule has 2 aromatic heterocycles. The molecule has 0 saturated carbocycles. The van der Waals surface area contributed by atoms with Crippen LogP contribution in [0.25, 0.3) is 11.4 Å². The smallest absolute Gasteiger partial charge is 0.253 e. The third-order valence-electron chi connectivity index (χ3n) is 1.73. The van der Waals surface area contributed by atoms with Crippen LogP contribution in [-0.4, -0.2) is 14.8 Å². The van der Waals surface area contributed by atoms with Crippen molar-refractivity contribution in [2.24, 2.45) is 0 Å². The summed E-state index contributed by atoms with van der Waals surface area (Å²) in [4.78, 5) is 3.94. The van der Waals surface area contributed by atoms with E-state index in [0.717, 1.165) is 6.20 Å². The van der Waals surface area contributed by atoms with Crippen LogP contribution < -0.4 is 0 Å². The van der Waals surface area contributed by atoms with Gasteiger partial charge in [-0.3, -0.25) is 4.98 Å². The zero-order chi connectivity index (χ0) is 10.8. The summed E-state index contributed by atoms with van der Waals surface area (Å²) in [6, 6.07) is 5.83. The lowest BCUT2D eigenvalue weighted by atomic mass is 10.3. The summed E-state index contributed by atoms with van der Waals surface area (Å²) >= 11 is 5.83. The van der Waals surface area contributed by atoms with Gasteiger partial charge in [-0.2, -0.15) is 13.9 Å². The van der Waals surface area contributed by atoms with E-state index >= 15 is 0 Å². The Bertz CT molecular complexity index is 470. The third kappa shape index (κ3) is 1.97. The van der Waals surface area contributed by atoms with Gasteiger partial charge < -0.3 is 0 Å². The SMILES string of the molecule is FC(F)n1c[c]c(-c2ncccc2Cl)n1. The van der Waals surface area contributed by atoms with Gasteiger partial charge in [-0.1, -0.05) is 11.6 Å². The van der Waals surface area contributed by atoms with E-state index in [2.05, 4.69) is 16.1 Å². The first-order valence-electron chi connectivity index (χ1n) is 4.04. The van der Waals surface area contributed by atoms with Crippen molar-refractivity contribution in [3.63, 3.8) is 0 Å². The molecule has 0 saturated heterocycles. The summed E-state index contributed by atoms with van der Waals surface area (Å²) in [6.45, 7) is -2.68. The molecule has 0 bridgehead atoms. The largest absolute Gasteiger partial charge is 0.333 e. The van der Waals surface area contributed by atoms with E-state index in [1.165, 1.54) is 6.20 Å². The molecule has 15 heavy (non-hydrogen) atoms. The molecule has 2 rings (SSSR count). The first kappa shape index (κ1) is 10.0. The van der Waals surface area contributed by atoms with Crippen LogP contribution >= 0.6 is 11.6 Å². The van der Waals surface area contributed by atoms with Crippen molar-refractivity contribution >= 4 is 11.6 Å². The highest BCUT2D eigenvalue weighted by Crippen LogP contribution is 2.23. The van der Waals surface area contributed by atoms with Gasteiger partial charge in [0.25, 0.3) is 0 Å². The van der Waals surface area contributed by atoms with Crippen molar-refractivity contribution < 1.29 is 8.78 Å². The fourth-order valence-electron chi connectivity index (χ4n) is 1.08. The second-order valence-electron chi connectivity index (χ2n) is 2.71. The number of nitrogens with zero attached hydrogens (tertiary/aromatic N) is 3. The van der Waals surface area contributed by atoms with Crippen molar-refractivity contribution in [3.05, 3.63) is 35.6 Å². The Hall–Kier alpha value is -1.49. The number of hydrogen-bond acceptors (Lipinski definition) is 2. The standard InChI is InChI=1S/C9H5ClF2N3/c10-6-2-1-4-13-8(6)7-3-5-15(14-7)9(11)12/h1-2,4-5,9H. The summed E-state index contributed by atoms with van der Waals surface area (Å²) in [5, 5.41) is 3.96. The molecular weight excluding hydrogens is 224 g/mol. The summed E-state index contributed by atoms with van der Waals surface area (Å²) in [5.74, 6) is 0. The van der Waals surface area contributed by atoms with Crippen LogP contribution in [0.4, 0.5) is 8.78 Å². The summed E-state index contributed by atoms with van der Waals surface area (Å²) in [6.07, 6.45) is 2.57. The van der Waals surface area contributed by atoms with Gasteiger partial charge in [-0.15, -0.1) is 0 Å². The monoisotopic (exact) mass is 228 g/mol. The van der Waals surface area contributed by atoms with Crippen LogP contribution in [0.5, 0.6) is 0 Å². The predicted octanol–water partition coefficient (Wildman–Crippen LogP) is 2.79. The Labute approximate surface area is 89.3 Å². The normalized spacial score (nSPS) is 10.9. The van der Waals surface area contributed by atoms with E-state index in [1.807, 2.05) is 0 Å². The van der Waals surface area contributed by atoms with Crippen LogP contribution in [0.15, 0.2) is 24.5 Å². The lowest BCUT2D eigenvalue weighted by molar-refractivity contribution is 0.0568. The number of aromatic nitrogens is 3. The quantitative estimate of drug-likeness (QED) is 0.791. The molecule has 0 aliphatic carbocycles. The third-order valence-corrected chi connectivity index (χ3v) is 2.04. The van der Waals surface area contributed by atoms with E-state index < -0.39 is 6.55 Å². The van der Waals surface area contributed by atoms with E-state index in [9.17, 15) is 8.78 Å². The Kier molecular flexibility index (Phi) is 2.64. The zero-order valence-electron chi connectivity index (χ0n) is 7.36. The topological polar surface area (TPSA) is 30.7 Å². The molecule has 0 aromatic carbocycles. The molecule has 6 heteroatoms. The highest BCUT2D eigenvalue weighted by Gasteiger charge is 2.11. The molecule has 0 aliphatic heterocycles. The maximum absolute atomic E-state index is 12.2. The number of rotatable bonds is 2. The number of alkyl halides is 2. The Morgan fingerprint density at radius 1 is 1.47 bits per heavy atom. The summed E-state index contributed by atoms with van der Waals surface area (Å²) in [5.41, 5.74) is 0.555. The van der Waals surface area contributed by atoms with Crippen LogP contribution in [0.3, 0.4) is 0 Å². The minimum atomic E-state index is -2.68. The molecule has 0 fully saturated rings. The van der Waals surface area contributed by atoms with Crippen LogP contribution in [0, 0.1) is 6.07 Å².